The van der Waals surface area contributed by atoms with Gasteiger partial charge < -0.3 is 39.4 Å². The van der Waals surface area contributed by atoms with Gasteiger partial charge in [-0.05, 0) is 88.2 Å². The van der Waals surface area contributed by atoms with E-state index in [-0.39, 0.29) is 29.9 Å². The maximum atomic E-state index is 15.5. The molecular weight excluding hydrogens is 769 g/mol. The van der Waals surface area contributed by atoms with Crippen LogP contribution >= 0.6 is 0 Å². The highest BCUT2D eigenvalue weighted by molar-refractivity contribution is 5.85. The van der Waals surface area contributed by atoms with Crippen LogP contribution in [0.25, 0.3) is 0 Å². The number of aliphatic hydroxyl groups is 2. The fraction of sp³-hybridized carbons (Fsp3) is 0.826. The third-order valence-electron chi connectivity index (χ3n) is 18.1. The Bertz CT molecular complexity index is 1830. The number of nitrogens with one attached hydrogen (secondary N) is 1. The summed E-state index contributed by atoms with van der Waals surface area (Å²) in [5.41, 5.74) is -4.02. The van der Waals surface area contributed by atoms with Gasteiger partial charge in [0.25, 0.3) is 0 Å². The second kappa shape index (κ2) is 15.1. The van der Waals surface area contributed by atoms with Crippen molar-refractivity contribution in [2.45, 2.75) is 145 Å². The third kappa shape index (κ3) is 5.61. The maximum Gasteiger partial charge on any atom is 0.344 e. The van der Waals surface area contributed by atoms with Crippen LogP contribution in [0.1, 0.15) is 97.8 Å². The number of esters is 3. The number of carbonyl (C=O) groups is 4. The zero-order valence-electron chi connectivity index (χ0n) is 36.5. The van der Waals surface area contributed by atoms with E-state index in [4.69, 9.17) is 18.9 Å². The van der Waals surface area contributed by atoms with Crippen molar-refractivity contribution in [2.75, 3.05) is 54.1 Å². The Balaban J connectivity index is 1.26. The third-order valence-corrected chi connectivity index (χ3v) is 18.1. The van der Waals surface area contributed by atoms with Crippen molar-refractivity contribution < 1.29 is 48.3 Å². The van der Waals surface area contributed by atoms with E-state index in [1.165, 1.54) is 26.7 Å². The van der Waals surface area contributed by atoms with Crippen molar-refractivity contribution in [1.29, 1.82) is 0 Å². The summed E-state index contributed by atoms with van der Waals surface area (Å²) < 4.78 is 24.2. The van der Waals surface area contributed by atoms with Gasteiger partial charge in [-0.15, -0.1) is 0 Å². The summed E-state index contributed by atoms with van der Waals surface area (Å²) in [7, 11) is 4.41. The van der Waals surface area contributed by atoms with Crippen molar-refractivity contribution >= 4 is 24.3 Å². The number of piperidine rings is 1. The Labute approximate surface area is 354 Å². The van der Waals surface area contributed by atoms with Crippen LogP contribution in [0, 0.1) is 39.9 Å². The zero-order valence-corrected chi connectivity index (χ0v) is 36.5. The molecule has 3 aliphatic carbocycles. The number of rotatable bonds is 8. The predicted molar refractivity (Wildman–Crippen MR) is 219 cm³/mol. The normalized spacial score (nSPS) is 47.9. The van der Waals surface area contributed by atoms with Gasteiger partial charge >= 0.3 is 17.9 Å². The summed E-state index contributed by atoms with van der Waals surface area (Å²) in [6, 6.07) is -1.63. The van der Waals surface area contributed by atoms with Gasteiger partial charge in [-0.1, -0.05) is 38.8 Å². The lowest BCUT2D eigenvalue weighted by Crippen LogP contribution is -2.80. The molecule has 16 atom stereocenters. The Morgan fingerprint density at radius 1 is 0.967 bits per heavy atom. The molecule has 332 valence electrons. The van der Waals surface area contributed by atoms with Gasteiger partial charge in [0.1, 0.15) is 5.41 Å². The molecule has 9 rings (SSSR count). The van der Waals surface area contributed by atoms with Crippen molar-refractivity contribution in [3.05, 3.63) is 23.4 Å². The average Bonchev–Trinajstić information content (AvgIpc) is 3.92. The number of methoxy groups -OCH3 is 3. The van der Waals surface area contributed by atoms with Crippen LogP contribution in [-0.2, 0) is 38.1 Å². The topological polar surface area (TPSA) is 167 Å². The van der Waals surface area contributed by atoms with Gasteiger partial charge in [-0.25, -0.2) is 4.79 Å². The maximum absolute atomic E-state index is 15.5. The predicted octanol–water partition coefficient (Wildman–Crippen LogP) is 2.95. The molecule has 6 heterocycles. The van der Waals surface area contributed by atoms with E-state index >= 15 is 4.79 Å². The van der Waals surface area contributed by atoms with Gasteiger partial charge in [-0.2, -0.15) is 0 Å². The van der Waals surface area contributed by atoms with E-state index < -0.39 is 69.6 Å². The molecule has 60 heavy (non-hydrogen) atoms. The quantitative estimate of drug-likeness (QED) is 0.142. The molecule has 14 heteroatoms. The highest BCUT2D eigenvalue weighted by Gasteiger charge is 2.83. The molecule has 9 aliphatic rings. The van der Waals surface area contributed by atoms with E-state index in [2.05, 4.69) is 27.3 Å². The number of carbonyl (C=O) groups excluding carboxylic acids is 4. The van der Waals surface area contributed by atoms with E-state index in [1.807, 2.05) is 13.8 Å². The Hall–Kier alpha value is -3.04. The minimum atomic E-state index is -2.41. The lowest BCUT2D eigenvalue weighted by molar-refractivity contribution is -0.249. The first-order valence-electron chi connectivity index (χ1n) is 22.9. The summed E-state index contributed by atoms with van der Waals surface area (Å²) in [6.45, 7) is 8.82. The summed E-state index contributed by atoms with van der Waals surface area (Å²) in [4.78, 5) is 63.3. The van der Waals surface area contributed by atoms with Crippen LogP contribution < -0.4 is 5.32 Å². The van der Waals surface area contributed by atoms with Gasteiger partial charge in [-0.3, -0.25) is 24.2 Å². The van der Waals surface area contributed by atoms with Crippen LogP contribution in [-0.4, -0.2) is 151 Å². The molecule has 1 amide bonds. The molecule has 0 aromatic carbocycles. The van der Waals surface area contributed by atoms with Gasteiger partial charge in [0.05, 0.1) is 32.0 Å². The number of nitrogens with zero attached hydrogens (tertiary/aromatic N) is 3. The molecule has 0 aromatic heterocycles. The van der Waals surface area contributed by atoms with Crippen LogP contribution in [0.15, 0.2) is 23.4 Å². The summed E-state index contributed by atoms with van der Waals surface area (Å²) in [6.07, 6.45) is 11.7. The highest BCUT2D eigenvalue weighted by atomic mass is 16.6. The van der Waals surface area contributed by atoms with E-state index in [9.17, 15) is 24.6 Å². The zero-order chi connectivity index (χ0) is 42.6. The monoisotopic (exact) mass is 836 g/mol. The molecule has 7 unspecified atom stereocenters. The second-order valence-electron chi connectivity index (χ2n) is 20.3. The fourth-order valence-electron chi connectivity index (χ4n) is 16.1. The lowest BCUT2D eigenvalue weighted by atomic mass is 9.44. The SMILES string of the molecule is CC[C@]1(O)CC2CN(CCC3=C(NC4CCCCC34)[C@@](C(=O)OC)([C@@H]3CC4C(CC3OC)N(C=O)[C@H]3[C@@](O)(C(=O)OC)[C@H](OC(C)=O)[C@]5(CC)C=CCN6CC[C@]43[C@@H]65)C2)C1. The van der Waals surface area contributed by atoms with Crippen molar-refractivity contribution in [1.82, 2.24) is 20.0 Å². The molecule has 6 fully saturated rings. The molecule has 3 saturated heterocycles. The molecule has 3 N–H and O–H groups in total. The Morgan fingerprint density at radius 2 is 1.73 bits per heavy atom. The van der Waals surface area contributed by atoms with Crippen molar-refractivity contribution in [3.63, 3.8) is 0 Å². The van der Waals surface area contributed by atoms with Crippen molar-refractivity contribution in [2.24, 2.45) is 39.9 Å². The first kappa shape index (κ1) is 42.3. The average molecular weight is 837 g/mol. The van der Waals surface area contributed by atoms with Crippen LogP contribution in [0.2, 0.25) is 0 Å². The Morgan fingerprint density at radius 3 is 2.42 bits per heavy atom. The highest BCUT2D eigenvalue weighted by Crippen LogP contribution is 2.72. The minimum absolute atomic E-state index is 0.0166. The fourth-order valence-corrected chi connectivity index (χ4v) is 16.1. The summed E-state index contributed by atoms with van der Waals surface area (Å²) in [5.74, 6) is -2.29. The summed E-state index contributed by atoms with van der Waals surface area (Å²) >= 11 is 0. The number of likely N-dealkylation sites (tertiary alicyclic amines) is 1. The van der Waals surface area contributed by atoms with Crippen LogP contribution in [0.3, 0.4) is 0 Å². The lowest BCUT2D eigenvalue weighted by Gasteiger charge is -2.64. The number of amides is 1. The van der Waals surface area contributed by atoms with Crippen molar-refractivity contribution in [3.8, 4) is 0 Å². The van der Waals surface area contributed by atoms with Crippen LogP contribution in [0.4, 0.5) is 0 Å². The molecular formula is C46H68N4O10. The Kier molecular flexibility index (Phi) is 10.6. The van der Waals surface area contributed by atoms with Crippen LogP contribution in [0.5, 0.6) is 0 Å². The minimum Gasteiger partial charge on any atom is -0.468 e. The molecule has 14 nitrogen and oxygen atoms in total. The first-order chi connectivity index (χ1) is 28.8. The largest absolute Gasteiger partial charge is 0.468 e. The smallest absolute Gasteiger partial charge is 0.344 e. The molecule has 3 saturated carbocycles. The standard InChI is InChI=1S/C46H68N4O10/c1-7-42(55)22-28-23-45(40(53)58-5,36-30(14-18-48(24-28)25-42)29-12-9-10-13-33(29)47-36)32-20-31-34(21-35(32)57-4)50(26-51)38-44(31)16-19-49-17-11-15-43(8-2,37(44)49)39(60-27(3)52)46(38,56)41(54)59-6/h11,15,26,28-29,31-35,37-39,47,55-56H,7-10,12-14,16-25H2,1-6H3/t28?,29?,31?,32-,33?,34?,35?,37+,38-,39-,42+,43-,44-,45+,46+/m1/s1. The second-order valence-corrected chi connectivity index (χ2v) is 20.3. The molecule has 6 aliphatic heterocycles. The molecule has 0 aromatic rings. The number of hydrogen-bond acceptors (Lipinski definition) is 13. The van der Waals surface area contributed by atoms with E-state index in [0.717, 1.165) is 57.3 Å². The molecule has 0 radical (unpaired) electrons. The number of ether oxygens (including phenoxy) is 4. The molecule has 2 bridgehead atoms. The number of fused-ring (bicyclic) bond motifs is 5. The number of hydrogen-bond donors (Lipinski definition) is 3. The summed E-state index contributed by atoms with van der Waals surface area (Å²) in [5, 5.41) is 29.5. The van der Waals surface area contributed by atoms with Gasteiger partial charge in [0.15, 0.2) is 6.10 Å². The first-order valence-corrected chi connectivity index (χ1v) is 22.9. The van der Waals surface area contributed by atoms with E-state index in [1.54, 1.807) is 12.0 Å². The van der Waals surface area contributed by atoms with Gasteiger partial charge in [0, 0.05) is 86.7 Å². The molecule has 1 spiro atoms. The van der Waals surface area contributed by atoms with Gasteiger partial charge in [0.2, 0.25) is 12.0 Å². The van der Waals surface area contributed by atoms with E-state index in [0.29, 0.717) is 70.5 Å².